The fourth-order valence-corrected chi connectivity index (χ4v) is 4.37. The van der Waals surface area contributed by atoms with Gasteiger partial charge in [-0.15, -0.1) is 11.8 Å². The summed E-state index contributed by atoms with van der Waals surface area (Å²) in [5, 5.41) is 1.42. The number of rotatable bonds is 9. The van der Waals surface area contributed by atoms with Gasteiger partial charge < -0.3 is 4.90 Å². The van der Waals surface area contributed by atoms with E-state index in [0.29, 0.717) is 10.9 Å². The summed E-state index contributed by atoms with van der Waals surface area (Å²) >= 11 is 14.0. The summed E-state index contributed by atoms with van der Waals surface area (Å²) in [5.41, 5.74) is 2.53. The van der Waals surface area contributed by atoms with Crippen LogP contribution in [-0.4, -0.2) is 24.5 Å². The number of thioether (sulfide) groups is 1. The zero-order valence-corrected chi connectivity index (χ0v) is 17.6. The van der Waals surface area contributed by atoms with Crippen LogP contribution in [0.1, 0.15) is 31.9 Å². The number of halogens is 2. The Morgan fingerprint density at radius 3 is 2.28 bits per heavy atom. The fraction of sp³-hybridized carbons (Fsp3) is 0.429. The van der Waals surface area contributed by atoms with Gasteiger partial charge in [0.15, 0.2) is 0 Å². The third kappa shape index (κ3) is 6.86. The van der Waals surface area contributed by atoms with E-state index < -0.39 is 0 Å². The van der Waals surface area contributed by atoms with E-state index in [2.05, 4.69) is 49.9 Å². The van der Waals surface area contributed by atoms with E-state index in [1.165, 1.54) is 17.0 Å². The molecule has 2 aromatic rings. The van der Waals surface area contributed by atoms with Crippen LogP contribution in [0.5, 0.6) is 0 Å². The molecule has 0 saturated carbocycles. The lowest BCUT2D eigenvalue weighted by atomic mass is 10.0. The Morgan fingerprint density at radius 1 is 1.00 bits per heavy atom. The van der Waals surface area contributed by atoms with Crippen molar-refractivity contribution in [3.8, 4) is 0 Å². The van der Waals surface area contributed by atoms with Gasteiger partial charge in [-0.25, -0.2) is 0 Å². The van der Waals surface area contributed by atoms with Crippen molar-refractivity contribution >= 4 is 35.0 Å². The Bertz CT molecular complexity index is 653. The third-order valence-corrected chi connectivity index (χ3v) is 6.03. The van der Waals surface area contributed by atoms with Crippen molar-refractivity contribution < 1.29 is 0 Å². The molecule has 0 heterocycles. The molecular formula is C21H27Cl2NS. The Kier molecular flexibility index (Phi) is 8.65. The van der Waals surface area contributed by atoms with Gasteiger partial charge in [-0.2, -0.15) is 0 Å². The smallest absolute Gasteiger partial charge is 0.0461 e. The molecule has 0 bridgehead atoms. The van der Waals surface area contributed by atoms with Crippen molar-refractivity contribution in [1.29, 1.82) is 0 Å². The first kappa shape index (κ1) is 20.6. The van der Waals surface area contributed by atoms with Crippen molar-refractivity contribution in [2.75, 3.05) is 19.6 Å². The SMILES string of the molecule is CCN(CC)CC(C)Cc1ccc(SCc2ccc(Cl)cc2Cl)cc1. The topological polar surface area (TPSA) is 3.24 Å². The van der Waals surface area contributed by atoms with Crippen LogP contribution in [0, 0.1) is 5.92 Å². The van der Waals surface area contributed by atoms with E-state index in [1.54, 1.807) is 17.8 Å². The molecule has 1 atom stereocenters. The van der Waals surface area contributed by atoms with Gasteiger partial charge in [0.05, 0.1) is 0 Å². The number of nitrogens with zero attached hydrogens (tertiary/aromatic N) is 1. The van der Waals surface area contributed by atoms with E-state index in [4.69, 9.17) is 23.2 Å². The monoisotopic (exact) mass is 395 g/mol. The molecule has 1 nitrogen and oxygen atoms in total. The highest BCUT2D eigenvalue weighted by atomic mass is 35.5. The zero-order chi connectivity index (χ0) is 18.2. The van der Waals surface area contributed by atoms with Gasteiger partial charge in [0, 0.05) is 27.2 Å². The minimum absolute atomic E-state index is 0.672. The van der Waals surface area contributed by atoms with Gasteiger partial charge in [-0.1, -0.05) is 62.2 Å². The molecule has 0 saturated heterocycles. The van der Waals surface area contributed by atoms with Crippen LogP contribution in [0.25, 0.3) is 0 Å². The maximum Gasteiger partial charge on any atom is 0.0461 e. The number of hydrogen-bond acceptors (Lipinski definition) is 2. The summed E-state index contributed by atoms with van der Waals surface area (Å²) < 4.78 is 0. The molecule has 2 aromatic carbocycles. The standard InChI is InChI=1S/C21H27Cl2NS/c1-4-24(5-2)14-16(3)12-17-6-10-20(11-7-17)25-15-18-8-9-19(22)13-21(18)23/h6-11,13,16H,4-5,12,14-15H2,1-3H3. The van der Waals surface area contributed by atoms with E-state index in [1.807, 2.05) is 12.1 Å². The molecular weight excluding hydrogens is 369 g/mol. The summed E-state index contributed by atoms with van der Waals surface area (Å²) in [6.07, 6.45) is 1.13. The highest BCUT2D eigenvalue weighted by molar-refractivity contribution is 7.98. The number of hydrogen-bond donors (Lipinski definition) is 0. The van der Waals surface area contributed by atoms with Crippen molar-refractivity contribution in [2.24, 2.45) is 5.92 Å². The highest BCUT2D eigenvalue weighted by Crippen LogP contribution is 2.29. The lowest BCUT2D eigenvalue weighted by Gasteiger charge is -2.22. The molecule has 0 N–H and O–H groups in total. The predicted octanol–water partition coefficient (Wildman–Crippen LogP) is 6.81. The molecule has 136 valence electrons. The minimum Gasteiger partial charge on any atom is -0.304 e. The van der Waals surface area contributed by atoms with Gasteiger partial charge in [0.25, 0.3) is 0 Å². The van der Waals surface area contributed by atoms with Crippen LogP contribution in [0.3, 0.4) is 0 Å². The molecule has 0 aliphatic rings. The quantitative estimate of drug-likeness (QED) is 0.429. The normalized spacial score (nSPS) is 12.6. The van der Waals surface area contributed by atoms with Crippen LogP contribution in [-0.2, 0) is 12.2 Å². The Labute approximate surface area is 166 Å². The van der Waals surface area contributed by atoms with Crippen LogP contribution in [0.15, 0.2) is 47.4 Å². The molecule has 0 aliphatic heterocycles. The molecule has 0 amide bonds. The predicted molar refractivity (Wildman–Crippen MR) is 113 cm³/mol. The lowest BCUT2D eigenvalue weighted by Crippen LogP contribution is -2.28. The number of benzene rings is 2. The largest absolute Gasteiger partial charge is 0.304 e. The van der Waals surface area contributed by atoms with Crippen molar-refractivity contribution in [1.82, 2.24) is 4.90 Å². The molecule has 0 aromatic heterocycles. The Balaban J connectivity index is 1.87. The van der Waals surface area contributed by atoms with Gasteiger partial charge in [0.2, 0.25) is 0 Å². The van der Waals surface area contributed by atoms with Crippen molar-refractivity contribution in [2.45, 2.75) is 37.8 Å². The first-order valence-corrected chi connectivity index (χ1v) is 10.6. The second-order valence-electron chi connectivity index (χ2n) is 6.46. The molecule has 2 rings (SSSR count). The van der Waals surface area contributed by atoms with E-state index >= 15 is 0 Å². The summed E-state index contributed by atoms with van der Waals surface area (Å²) in [6, 6.07) is 14.6. The molecule has 4 heteroatoms. The molecule has 0 aliphatic carbocycles. The third-order valence-electron chi connectivity index (χ3n) is 4.38. The fourth-order valence-electron chi connectivity index (χ4n) is 2.91. The summed E-state index contributed by atoms with van der Waals surface area (Å²) in [6.45, 7) is 10.2. The maximum absolute atomic E-state index is 6.24. The second kappa shape index (κ2) is 10.5. The van der Waals surface area contributed by atoms with Crippen molar-refractivity contribution in [3.05, 3.63) is 63.6 Å². The van der Waals surface area contributed by atoms with Gasteiger partial charge >= 0.3 is 0 Å². The van der Waals surface area contributed by atoms with Gasteiger partial charge in [-0.05, 0) is 60.8 Å². The maximum atomic E-state index is 6.24. The summed E-state index contributed by atoms with van der Waals surface area (Å²) in [5.74, 6) is 1.53. The van der Waals surface area contributed by atoms with E-state index in [0.717, 1.165) is 35.8 Å². The Morgan fingerprint density at radius 2 is 1.68 bits per heavy atom. The first-order chi connectivity index (χ1) is 12.0. The van der Waals surface area contributed by atoms with E-state index in [9.17, 15) is 0 Å². The summed E-state index contributed by atoms with van der Waals surface area (Å²) in [7, 11) is 0. The van der Waals surface area contributed by atoms with Crippen LogP contribution in [0.4, 0.5) is 0 Å². The molecule has 25 heavy (non-hydrogen) atoms. The molecule has 0 fully saturated rings. The average molecular weight is 396 g/mol. The molecule has 0 spiro atoms. The van der Waals surface area contributed by atoms with Gasteiger partial charge in [0.1, 0.15) is 0 Å². The van der Waals surface area contributed by atoms with Crippen LogP contribution in [0.2, 0.25) is 10.0 Å². The summed E-state index contributed by atoms with van der Waals surface area (Å²) in [4.78, 5) is 3.76. The van der Waals surface area contributed by atoms with E-state index in [-0.39, 0.29) is 0 Å². The molecule has 1 unspecified atom stereocenters. The Hall–Kier alpha value is -0.670. The minimum atomic E-state index is 0.672. The van der Waals surface area contributed by atoms with Crippen LogP contribution < -0.4 is 0 Å². The van der Waals surface area contributed by atoms with Gasteiger partial charge in [-0.3, -0.25) is 0 Å². The highest BCUT2D eigenvalue weighted by Gasteiger charge is 2.08. The zero-order valence-electron chi connectivity index (χ0n) is 15.3. The van der Waals surface area contributed by atoms with Crippen LogP contribution >= 0.6 is 35.0 Å². The lowest BCUT2D eigenvalue weighted by molar-refractivity contribution is 0.260. The second-order valence-corrected chi connectivity index (χ2v) is 8.36. The van der Waals surface area contributed by atoms with Crippen molar-refractivity contribution in [3.63, 3.8) is 0 Å². The first-order valence-electron chi connectivity index (χ1n) is 8.89. The average Bonchev–Trinajstić information content (AvgIpc) is 2.60. The molecule has 0 radical (unpaired) electrons.